The molecule has 19 heavy (non-hydrogen) atoms. The highest BCUT2D eigenvalue weighted by Crippen LogP contribution is 2.40. The maximum atomic E-state index is 3.76. The molecule has 0 spiro atoms. The van der Waals surface area contributed by atoms with Gasteiger partial charge in [0.05, 0.1) is 0 Å². The van der Waals surface area contributed by atoms with Crippen LogP contribution in [-0.4, -0.2) is 6.54 Å². The van der Waals surface area contributed by atoms with Crippen LogP contribution in [0.4, 0.5) is 0 Å². The number of nitrogens with one attached hydrogen (secondary N) is 1. The van der Waals surface area contributed by atoms with Crippen LogP contribution in [0.1, 0.15) is 34.9 Å². The van der Waals surface area contributed by atoms with Crippen LogP contribution in [0, 0.1) is 12.8 Å². The molecule has 3 rings (SSSR count). The van der Waals surface area contributed by atoms with Gasteiger partial charge >= 0.3 is 0 Å². The lowest BCUT2D eigenvalue weighted by Crippen LogP contribution is -2.25. The summed E-state index contributed by atoms with van der Waals surface area (Å²) in [7, 11) is 0. The van der Waals surface area contributed by atoms with Gasteiger partial charge in [0.2, 0.25) is 0 Å². The second kappa shape index (κ2) is 5.89. The summed E-state index contributed by atoms with van der Waals surface area (Å²) in [6, 6.07) is 14.0. The molecule has 1 saturated carbocycles. The Balaban J connectivity index is 1.60. The van der Waals surface area contributed by atoms with E-state index in [0.29, 0.717) is 6.04 Å². The lowest BCUT2D eigenvalue weighted by molar-refractivity contribution is 0.485. The van der Waals surface area contributed by atoms with Crippen molar-refractivity contribution in [1.82, 2.24) is 5.32 Å². The van der Waals surface area contributed by atoms with Crippen molar-refractivity contribution in [2.45, 2.75) is 32.2 Å². The van der Waals surface area contributed by atoms with Gasteiger partial charge in [0.25, 0.3) is 0 Å². The van der Waals surface area contributed by atoms with Gasteiger partial charge in [0.15, 0.2) is 0 Å². The van der Waals surface area contributed by atoms with E-state index in [2.05, 4.69) is 54.0 Å². The van der Waals surface area contributed by atoms with Crippen LogP contribution in [0.3, 0.4) is 0 Å². The number of rotatable bonds is 6. The molecule has 0 radical (unpaired) electrons. The zero-order chi connectivity index (χ0) is 13.1. The number of hydrogen-bond donors (Lipinski definition) is 1. The lowest BCUT2D eigenvalue weighted by atomic mass is 10.0. The summed E-state index contributed by atoms with van der Waals surface area (Å²) in [5, 5.41) is 5.92. The molecule has 2 heteroatoms. The van der Waals surface area contributed by atoms with E-state index in [4.69, 9.17) is 0 Å². The van der Waals surface area contributed by atoms with Gasteiger partial charge < -0.3 is 5.32 Å². The predicted molar refractivity (Wildman–Crippen MR) is 82.7 cm³/mol. The van der Waals surface area contributed by atoms with Gasteiger partial charge in [0.1, 0.15) is 0 Å². The Hall–Kier alpha value is -1.12. The minimum Gasteiger partial charge on any atom is -0.309 e. The van der Waals surface area contributed by atoms with E-state index in [1.807, 2.05) is 11.3 Å². The number of thiophene rings is 1. The molecule has 0 bridgehead atoms. The topological polar surface area (TPSA) is 12.0 Å². The minimum absolute atomic E-state index is 0.556. The Morgan fingerprint density at radius 2 is 2.00 bits per heavy atom. The highest BCUT2D eigenvalue weighted by atomic mass is 32.1. The third-order valence-corrected chi connectivity index (χ3v) is 4.78. The van der Waals surface area contributed by atoms with Crippen molar-refractivity contribution < 1.29 is 0 Å². The van der Waals surface area contributed by atoms with Crippen LogP contribution in [-0.2, 0) is 6.42 Å². The molecule has 1 aromatic carbocycles. The maximum absolute atomic E-state index is 3.76. The monoisotopic (exact) mass is 271 g/mol. The van der Waals surface area contributed by atoms with E-state index in [1.165, 1.54) is 28.8 Å². The molecule has 1 aromatic heterocycles. The quantitative estimate of drug-likeness (QED) is 0.824. The standard InChI is InChI=1S/C17H21NS/c1-13-4-6-14(7-5-13)17(15-8-9-15)18-11-10-16-3-2-12-19-16/h2-7,12,15,17-18H,8-11H2,1H3. The zero-order valence-corrected chi connectivity index (χ0v) is 12.2. The van der Waals surface area contributed by atoms with Crippen molar-refractivity contribution in [3.8, 4) is 0 Å². The molecule has 100 valence electrons. The SMILES string of the molecule is Cc1ccc(C(NCCc2cccs2)C2CC2)cc1. The van der Waals surface area contributed by atoms with Gasteiger partial charge in [-0.3, -0.25) is 0 Å². The highest BCUT2D eigenvalue weighted by Gasteiger charge is 2.31. The molecular weight excluding hydrogens is 250 g/mol. The second-order valence-electron chi connectivity index (χ2n) is 5.51. The van der Waals surface area contributed by atoms with Gasteiger partial charge in [-0.25, -0.2) is 0 Å². The van der Waals surface area contributed by atoms with Crippen LogP contribution in [0.2, 0.25) is 0 Å². The third kappa shape index (κ3) is 3.46. The highest BCUT2D eigenvalue weighted by molar-refractivity contribution is 7.09. The molecule has 1 aliphatic rings. The van der Waals surface area contributed by atoms with Crippen molar-refractivity contribution in [3.05, 3.63) is 57.8 Å². The lowest BCUT2D eigenvalue weighted by Gasteiger charge is -2.19. The smallest absolute Gasteiger partial charge is 0.0348 e. The largest absolute Gasteiger partial charge is 0.309 e. The van der Waals surface area contributed by atoms with Crippen LogP contribution in [0.15, 0.2) is 41.8 Å². The molecule has 1 atom stereocenters. The number of hydrogen-bond acceptors (Lipinski definition) is 2. The van der Waals surface area contributed by atoms with Crippen molar-refractivity contribution >= 4 is 11.3 Å². The summed E-state index contributed by atoms with van der Waals surface area (Å²) >= 11 is 1.86. The minimum atomic E-state index is 0.556. The summed E-state index contributed by atoms with van der Waals surface area (Å²) in [5.41, 5.74) is 2.80. The fourth-order valence-corrected chi connectivity index (χ4v) is 3.27. The maximum Gasteiger partial charge on any atom is 0.0348 e. The fourth-order valence-electron chi connectivity index (χ4n) is 2.57. The first-order valence-corrected chi connectivity index (χ1v) is 8.03. The third-order valence-electron chi connectivity index (χ3n) is 3.85. The van der Waals surface area contributed by atoms with Gasteiger partial charge in [-0.1, -0.05) is 35.9 Å². The Bertz CT molecular complexity index is 497. The normalized spacial score (nSPS) is 16.5. The van der Waals surface area contributed by atoms with Crippen molar-refractivity contribution in [2.75, 3.05) is 6.54 Å². The Morgan fingerprint density at radius 3 is 2.63 bits per heavy atom. The van der Waals surface area contributed by atoms with Gasteiger partial charge in [-0.2, -0.15) is 0 Å². The van der Waals surface area contributed by atoms with Gasteiger partial charge in [-0.15, -0.1) is 11.3 Å². The van der Waals surface area contributed by atoms with Crippen molar-refractivity contribution in [2.24, 2.45) is 5.92 Å². The predicted octanol–water partition coefficient (Wildman–Crippen LogP) is 4.34. The molecule has 1 N–H and O–H groups in total. The number of aryl methyl sites for hydroxylation is 1. The molecule has 1 aliphatic carbocycles. The van der Waals surface area contributed by atoms with Crippen LogP contribution in [0.5, 0.6) is 0 Å². The van der Waals surface area contributed by atoms with E-state index >= 15 is 0 Å². The summed E-state index contributed by atoms with van der Waals surface area (Å²) in [6.07, 6.45) is 3.90. The van der Waals surface area contributed by atoms with E-state index in [0.717, 1.165) is 18.9 Å². The Labute approximate surface area is 119 Å². The molecule has 1 fully saturated rings. The van der Waals surface area contributed by atoms with Crippen molar-refractivity contribution in [3.63, 3.8) is 0 Å². The first-order valence-electron chi connectivity index (χ1n) is 7.15. The van der Waals surface area contributed by atoms with Gasteiger partial charge in [-0.05, 0) is 49.1 Å². The molecule has 0 saturated heterocycles. The first kappa shape index (κ1) is 12.9. The summed E-state index contributed by atoms with van der Waals surface area (Å²) in [5.74, 6) is 0.853. The molecule has 2 aromatic rings. The van der Waals surface area contributed by atoms with Crippen LogP contribution >= 0.6 is 11.3 Å². The fraction of sp³-hybridized carbons (Fsp3) is 0.412. The molecule has 1 heterocycles. The zero-order valence-electron chi connectivity index (χ0n) is 11.4. The van der Waals surface area contributed by atoms with Crippen LogP contribution < -0.4 is 5.32 Å². The van der Waals surface area contributed by atoms with E-state index in [1.54, 1.807) is 0 Å². The molecule has 0 amide bonds. The van der Waals surface area contributed by atoms with E-state index in [9.17, 15) is 0 Å². The molecular formula is C17H21NS. The molecule has 1 unspecified atom stereocenters. The Morgan fingerprint density at radius 1 is 1.21 bits per heavy atom. The van der Waals surface area contributed by atoms with E-state index < -0.39 is 0 Å². The average Bonchev–Trinajstić information content (AvgIpc) is 3.13. The Kier molecular flexibility index (Phi) is 4.00. The summed E-state index contributed by atoms with van der Waals surface area (Å²) < 4.78 is 0. The van der Waals surface area contributed by atoms with Crippen LogP contribution in [0.25, 0.3) is 0 Å². The summed E-state index contributed by atoms with van der Waals surface area (Å²) in [6.45, 7) is 3.23. The van der Waals surface area contributed by atoms with Crippen molar-refractivity contribution in [1.29, 1.82) is 0 Å². The van der Waals surface area contributed by atoms with Gasteiger partial charge in [0, 0.05) is 17.5 Å². The number of benzene rings is 1. The average molecular weight is 271 g/mol. The first-order chi connectivity index (χ1) is 9.33. The molecule has 1 nitrogen and oxygen atoms in total. The molecule has 0 aliphatic heterocycles. The van der Waals surface area contributed by atoms with E-state index in [-0.39, 0.29) is 0 Å². The second-order valence-corrected chi connectivity index (χ2v) is 6.54. The summed E-state index contributed by atoms with van der Waals surface area (Å²) in [4.78, 5) is 1.48.